The fourth-order valence-corrected chi connectivity index (χ4v) is 5.60. The number of likely N-dealkylation sites (N-methyl/N-ethyl adjacent to an activating group) is 1. The molecule has 0 saturated carbocycles. The van der Waals surface area contributed by atoms with Crippen LogP contribution >= 0.6 is 22.9 Å². The minimum absolute atomic E-state index is 0.137. The lowest BCUT2D eigenvalue weighted by Crippen LogP contribution is -2.31. The summed E-state index contributed by atoms with van der Waals surface area (Å²) in [6.07, 6.45) is 0. The Labute approximate surface area is 221 Å². The summed E-state index contributed by atoms with van der Waals surface area (Å²) in [7, 11) is 1.94. The number of carbonyl (C=O) groups is 1. The average molecular weight is 541 g/mol. The number of hydrogen-bond acceptors (Lipinski definition) is 8. The molecule has 4 heterocycles. The normalized spacial score (nSPS) is 13.7. The number of aromatic carboxylic acids is 1. The minimum atomic E-state index is -1.02. The number of thiophene rings is 1. The van der Waals surface area contributed by atoms with Gasteiger partial charge in [-0.2, -0.15) is 4.98 Å². The van der Waals surface area contributed by atoms with Gasteiger partial charge in [-0.25, -0.2) is 4.79 Å². The number of carboxylic acid groups (broad SMARTS) is 1. The Balaban J connectivity index is 1.46. The molecule has 0 bridgehead atoms. The number of fused-ring (bicyclic) bond motifs is 2. The van der Waals surface area contributed by atoms with Crippen molar-refractivity contribution in [2.24, 2.45) is 0 Å². The molecule has 0 unspecified atom stereocenters. The smallest absolute Gasteiger partial charge is 0.338 e. The molecule has 3 aromatic heterocycles. The molecule has 1 N–H and O–H groups in total. The van der Waals surface area contributed by atoms with Crippen molar-refractivity contribution < 1.29 is 19.4 Å². The van der Waals surface area contributed by atoms with Crippen LogP contribution in [0.4, 0.5) is 0 Å². The van der Waals surface area contributed by atoms with E-state index in [1.165, 1.54) is 11.3 Å². The molecule has 1 aliphatic heterocycles. The summed E-state index contributed by atoms with van der Waals surface area (Å²) in [5.41, 5.74) is 3.19. The van der Waals surface area contributed by atoms with Crippen molar-refractivity contribution in [3.8, 4) is 22.8 Å². The summed E-state index contributed by atoms with van der Waals surface area (Å²) >= 11 is 7.66. The fraction of sp³-hybridized carbons (Fsp3) is 0.308. The second kappa shape index (κ2) is 10.1. The van der Waals surface area contributed by atoms with Crippen LogP contribution in [0.5, 0.6) is 11.6 Å². The molecule has 4 aromatic rings. The van der Waals surface area contributed by atoms with Crippen molar-refractivity contribution in [1.29, 1.82) is 0 Å². The number of ether oxygens (including phenoxy) is 2. The minimum Gasteiger partial charge on any atom is -0.491 e. The molecule has 0 amide bonds. The van der Waals surface area contributed by atoms with Gasteiger partial charge in [0.2, 0.25) is 5.88 Å². The Kier molecular flexibility index (Phi) is 6.89. The fourth-order valence-electron chi connectivity index (χ4n) is 4.42. The number of rotatable bonds is 6. The molecule has 0 atom stereocenters. The van der Waals surface area contributed by atoms with Gasteiger partial charge in [0.05, 0.1) is 27.9 Å². The third-order valence-electron chi connectivity index (χ3n) is 6.24. The van der Waals surface area contributed by atoms with Gasteiger partial charge in [-0.05, 0) is 45.2 Å². The van der Waals surface area contributed by atoms with E-state index in [0.29, 0.717) is 58.9 Å². The number of pyridine rings is 1. The third-order valence-corrected chi connectivity index (χ3v) is 7.48. The molecule has 0 aliphatic carbocycles. The van der Waals surface area contributed by atoms with Gasteiger partial charge >= 0.3 is 5.97 Å². The predicted octanol–water partition coefficient (Wildman–Crippen LogP) is 4.39. The van der Waals surface area contributed by atoms with E-state index in [2.05, 4.69) is 9.97 Å². The highest BCUT2D eigenvalue weighted by atomic mass is 35.5. The van der Waals surface area contributed by atoms with Crippen LogP contribution in [0, 0.1) is 13.8 Å². The standard InChI is InChI=1S/C26H25ClN4O5S/c1-14-10-18(23-22(28-14)20(13-37-23)26(33)34)17-11-16(27)4-5-21(17)35-9-7-31-15(2)29-24-19(25(31)32)12-30(3)6-8-36-24/h4-5,10-11,13H,6-9,12H2,1-3H3,(H,33,34). The molecule has 9 nitrogen and oxygen atoms in total. The highest BCUT2D eigenvalue weighted by Crippen LogP contribution is 2.40. The maximum absolute atomic E-state index is 13.2. The van der Waals surface area contributed by atoms with Gasteiger partial charge in [0, 0.05) is 40.3 Å². The number of carboxylic acids is 1. The summed E-state index contributed by atoms with van der Waals surface area (Å²) in [5, 5.41) is 11.7. The summed E-state index contributed by atoms with van der Waals surface area (Å²) in [6, 6.07) is 7.19. The third kappa shape index (κ3) is 4.92. The van der Waals surface area contributed by atoms with Crippen LogP contribution in [0.25, 0.3) is 21.3 Å². The Morgan fingerprint density at radius 3 is 2.84 bits per heavy atom. The van der Waals surface area contributed by atoms with Crippen LogP contribution in [-0.4, -0.2) is 57.3 Å². The van der Waals surface area contributed by atoms with Crippen molar-refractivity contribution in [1.82, 2.24) is 19.4 Å². The first-order valence-electron chi connectivity index (χ1n) is 11.7. The number of halogens is 1. The molecule has 0 saturated heterocycles. The van der Waals surface area contributed by atoms with Crippen molar-refractivity contribution >= 4 is 39.1 Å². The van der Waals surface area contributed by atoms with Crippen molar-refractivity contribution in [3.05, 3.63) is 67.7 Å². The number of aryl methyl sites for hydroxylation is 2. The Morgan fingerprint density at radius 1 is 1.24 bits per heavy atom. The first kappa shape index (κ1) is 25.2. The van der Waals surface area contributed by atoms with Crippen molar-refractivity contribution in [2.45, 2.75) is 26.9 Å². The van der Waals surface area contributed by atoms with E-state index in [-0.39, 0.29) is 17.7 Å². The number of nitrogens with zero attached hydrogens (tertiary/aromatic N) is 4. The van der Waals surface area contributed by atoms with E-state index >= 15 is 0 Å². The zero-order valence-corrected chi connectivity index (χ0v) is 22.1. The van der Waals surface area contributed by atoms with Gasteiger partial charge < -0.3 is 14.6 Å². The van der Waals surface area contributed by atoms with Gasteiger partial charge in [0.1, 0.15) is 24.8 Å². The second-order valence-electron chi connectivity index (χ2n) is 8.92. The molecule has 192 valence electrons. The SMILES string of the molecule is Cc1cc(-c2cc(Cl)ccc2OCCn2c(C)nc3c(c2=O)CN(C)CCO3)c2scc(C(=O)O)c2n1. The van der Waals surface area contributed by atoms with Gasteiger partial charge in [0.15, 0.2) is 0 Å². The van der Waals surface area contributed by atoms with E-state index in [4.69, 9.17) is 21.1 Å². The van der Waals surface area contributed by atoms with E-state index in [0.717, 1.165) is 22.4 Å². The quantitative estimate of drug-likeness (QED) is 0.384. The molecule has 0 spiro atoms. The lowest BCUT2D eigenvalue weighted by Gasteiger charge is -2.16. The highest BCUT2D eigenvalue weighted by Gasteiger charge is 2.21. The summed E-state index contributed by atoms with van der Waals surface area (Å²) in [5.74, 6) is 0.500. The van der Waals surface area contributed by atoms with Gasteiger partial charge in [0.25, 0.3) is 5.56 Å². The topological polar surface area (TPSA) is 107 Å². The predicted molar refractivity (Wildman–Crippen MR) is 142 cm³/mol. The Morgan fingerprint density at radius 2 is 2.05 bits per heavy atom. The number of aromatic nitrogens is 3. The summed E-state index contributed by atoms with van der Waals surface area (Å²) < 4.78 is 14.2. The lowest BCUT2D eigenvalue weighted by molar-refractivity contribution is 0.0699. The number of benzene rings is 1. The van der Waals surface area contributed by atoms with E-state index in [1.54, 1.807) is 35.1 Å². The van der Waals surface area contributed by atoms with Gasteiger partial charge in [-0.15, -0.1) is 11.3 Å². The maximum Gasteiger partial charge on any atom is 0.338 e. The molecule has 1 aliphatic rings. The highest BCUT2D eigenvalue weighted by molar-refractivity contribution is 7.18. The molecule has 37 heavy (non-hydrogen) atoms. The zero-order valence-electron chi connectivity index (χ0n) is 20.6. The van der Waals surface area contributed by atoms with E-state index in [9.17, 15) is 14.7 Å². The van der Waals surface area contributed by atoms with Crippen LogP contribution in [0.3, 0.4) is 0 Å². The van der Waals surface area contributed by atoms with Gasteiger partial charge in [-0.1, -0.05) is 11.6 Å². The molecule has 0 fully saturated rings. The first-order chi connectivity index (χ1) is 17.7. The van der Waals surface area contributed by atoms with Gasteiger partial charge in [-0.3, -0.25) is 19.2 Å². The summed E-state index contributed by atoms with van der Waals surface area (Å²) in [6.45, 7) is 5.78. The largest absolute Gasteiger partial charge is 0.491 e. The maximum atomic E-state index is 13.2. The molecular weight excluding hydrogens is 516 g/mol. The van der Waals surface area contributed by atoms with Crippen LogP contribution in [0.2, 0.25) is 5.02 Å². The number of hydrogen-bond donors (Lipinski definition) is 1. The second-order valence-corrected chi connectivity index (χ2v) is 10.2. The Hall–Kier alpha value is -3.47. The zero-order chi connectivity index (χ0) is 26.3. The molecule has 5 rings (SSSR count). The molecule has 1 aromatic carbocycles. The lowest BCUT2D eigenvalue weighted by atomic mass is 10.0. The average Bonchev–Trinajstić information content (AvgIpc) is 3.18. The van der Waals surface area contributed by atoms with Crippen LogP contribution in [0.1, 0.15) is 27.4 Å². The van der Waals surface area contributed by atoms with Crippen LogP contribution in [0.15, 0.2) is 34.4 Å². The first-order valence-corrected chi connectivity index (χ1v) is 12.9. The summed E-state index contributed by atoms with van der Waals surface area (Å²) in [4.78, 5) is 35.9. The van der Waals surface area contributed by atoms with Crippen molar-refractivity contribution in [2.75, 3.05) is 26.8 Å². The van der Waals surface area contributed by atoms with Crippen LogP contribution < -0.4 is 15.0 Å². The van der Waals surface area contributed by atoms with Crippen molar-refractivity contribution in [3.63, 3.8) is 0 Å². The van der Waals surface area contributed by atoms with E-state index < -0.39 is 5.97 Å². The molecular formula is C26H25ClN4O5S. The van der Waals surface area contributed by atoms with E-state index in [1.807, 2.05) is 24.9 Å². The monoisotopic (exact) mass is 540 g/mol. The molecule has 0 radical (unpaired) electrons. The van der Waals surface area contributed by atoms with Crippen LogP contribution in [-0.2, 0) is 13.1 Å². The molecule has 11 heteroatoms. The Bertz CT molecular complexity index is 1580.